The Morgan fingerprint density at radius 2 is 2.38 bits per heavy atom. The summed E-state index contributed by atoms with van der Waals surface area (Å²) < 4.78 is 7.07. The minimum Gasteiger partial charge on any atom is -0.380 e. The molecule has 0 saturated heterocycles. The van der Waals surface area contributed by atoms with Crippen LogP contribution in [-0.4, -0.2) is 29.0 Å². The van der Waals surface area contributed by atoms with Crippen molar-refractivity contribution in [1.29, 1.82) is 0 Å². The number of methoxy groups -OCH3 is 1. The Hall–Kier alpha value is -0.870. The molecule has 4 heteroatoms. The van der Waals surface area contributed by atoms with Gasteiger partial charge in [-0.05, 0) is 12.5 Å². The highest BCUT2D eigenvalue weighted by molar-refractivity contribution is 4.81. The van der Waals surface area contributed by atoms with Gasteiger partial charge in [0.1, 0.15) is 0 Å². The highest BCUT2D eigenvalue weighted by atomic mass is 16.5. The molecule has 0 aromatic carbocycles. The van der Waals surface area contributed by atoms with Crippen LogP contribution in [0.2, 0.25) is 0 Å². The van der Waals surface area contributed by atoms with E-state index in [1.807, 2.05) is 16.9 Å². The molecular formula is C9H17N3O. The van der Waals surface area contributed by atoms with Crippen molar-refractivity contribution in [3.05, 3.63) is 18.5 Å². The van der Waals surface area contributed by atoms with E-state index in [1.54, 1.807) is 13.3 Å². The summed E-state index contributed by atoms with van der Waals surface area (Å²) in [5.41, 5.74) is 5.94. The summed E-state index contributed by atoms with van der Waals surface area (Å²) in [7, 11) is 1.69. The fourth-order valence-electron chi connectivity index (χ4n) is 1.39. The minimum atomic E-state index is 0.00917. The van der Waals surface area contributed by atoms with Crippen LogP contribution in [0.3, 0.4) is 0 Å². The number of hydrogen-bond donors (Lipinski definition) is 1. The first-order valence-electron chi connectivity index (χ1n) is 4.53. The average Bonchev–Trinajstić information content (AvgIpc) is 2.59. The summed E-state index contributed by atoms with van der Waals surface area (Å²) in [5, 5.41) is 4.09. The highest BCUT2D eigenvalue weighted by Crippen LogP contribution is 2.02. The van der Waals surface area contributed by atoms with E-state index in [-0.39, 0.29) is 12.1 Å². The summed E-state index contributed by atoms with van der Waals surface area (Å²) in [5.74, 6) is 0. The van der Waals surface area contributed by atoms with E-state index in [9.17, 15) is 0 Å². The molecule has 13 heavy (non-hydrogen) atoms. The fraction of sp³-hybridized carbons (Fsp3) is 0.667. The lowest BCUT2D eigenvalue weighted by Gasteiger charge is -2.20. The third kappa shape index (κ3) is 2.82. The second kappa shape index (κ2) is 4.99. The summed E-state index contributed by atoms with van der Waals surface area (Å²) in [4.78, 5) is 0. The molecule has 4 nitrogen and oxygen atoms in total. The third-order valence-electron chi connectivity index (χ3n) is 2.14. The molecule has 0 aliphatic carbocycles. The van der Waals surface area contributed by atoms with Crippen molar-refractivity contribution in [1.82, 2.24) is 9.78 Å². The van der Waals surface area contributed by atoms with Gasteiger partial charge in [0.05, 0.1) is 18.7 Å². The van der Waals surface area contributed by atoms with Crippen molar-refractivity contribution in [2.75, 3.05) is 7.11 Å². The van der Waals surface area contributed by atoms with Crippen LogP contribution in [0.4, 0.5) is 0 Å². The van der Waals surface area contributed by atoms with Crippen LogP contribution >= 0.6 is 0 Å². The highest BCUT2D eigenvalue weighted by Gasteiger charge is 2.15. The molecule has 0 bridgehead atoms. The maximum atomic E-state index is 5.94. The van der Waals surface area contributed by atoms with Gasteiger partial charge in [-0.2, -0.15) is 5.10 Å². The van der Waals surface area contributed by atoms with Gasteiger partial charge in [0.2, 0.25) is 0 Å². The second-order valence-electron chi connectivity index (χ2n) is 3.07. The predicted octanol–water partition coefficient (Wildman–Crippen LogP) is 0.635. The average molecular weight is 183 g/mol. The van der Waals surface area contributed by atoms with E-state index in [0.29, 0.717) is 6.54 Å². The first-order valence-corrected chi connectivity index (χ1v) is 4.53. The van der Waals surface area contributed by atoms with Gasteiger partial charge >= 0.3 is 0 Å². The molecule has 1 rings (SSSR count). The topological polar surface area (TPSA) is 53.1 Å². The minimum absolute atomic E-state index is 0.00917. The molecule has 1 aromatic heterocycles. The lowest BCUT2D eigenvalue weighted by Crippen LogP contribution is -2.39. The summed E-state index contributed by atoms with van der Waals surface area (Å²) in [6.07, 6.45) is 4.70. The van der Waals surface area contributed by atoms with Gasteiger partial charge < -0.3 is 10.5 Å². The van der Waals surface area contributed by atoms with Crippen LogP contribution in [0.5, 0.6) is 0 Å². The Bertz CT molecular complexity index is 219. The molecule has 0 spiro atoms. The van der Waals surface area contributed by atoms with Crippen molar-refractivity contribution in [3.8, 4) is 0 Å². The van der Waals surface area contributed by atoms with Gasteiger partial charge in [0.25, 0.3) is 0 Å². The van der Waals surface area contributed by atoms with E-state index in [0.717, 1.165) is 6.42 Å². The molecule has 0 saturated carbocycles. The molecular weight excluding hydrogens is 166 g/mol. The number of nitrogens with zero attached hydrogens (tertiary/aromatic N) is 2. The van der Waals surface area contributed by atoms with Gasteiger partial charge in [-0.15, -0.1) is 0 Å². The zero-order valence-electron chi connectivity index (χ0n) is 8.18. The van der Waals surface area contributed by atoms with E-state index >= 15 is 0 Å². The predicted molar refractivity (Wildman–Crippen MR) is 51.3 cm³/mol. The number of rotatable bonds is 5. The zero-order chi connectivity index (χ0) is 9.68. The molecule has 0 amide bonds. The van der Waals surface area contributed by atoms with Crippen LogP contribution in [-0.2, 0) is 11.3 Å². The quantitative estimate of drug-likeness (QED) is 0.728. The number of hydrogen-bond acceptors (Lipinski definition) is 3. The number of nitrogens with two attached hydrogens (primary N) is 1. The van der Waals surface area contributed by atoms with Crippen molar-refractivity contribution in [2.45, 2.75) is 32.0 Å². The summed E-state index contributed by atoms with van der Waals surface area (Å²) in [6.45, 7) is 2.77. The number of aromatic nitrogens is 2. The normalized spacial score (nSPS) is 15.6. The van der Waals surface area contributed by atoms with Gasteiger partial charge in [-0.3, -0.25) is 4.68 Å². The molecule has 0 aliphatic heterocycles. The van der Waals surface area contributed by atoms with Crippen LogP contribution in [0.15, 0.2) is 18.5 Å². The van der Waals surface area contributed by atoms with E-state index < -0.39 is 0 Å². The SMILES string of the molecule is CC[C@H](OC)[C@H](N)Cn1cccn1. The first-order chi connectivity index (χ1) is 6.27. The van der Waals surface area contributed by atoms with E-state index in [1.165, 1.54) is 0 Å². The largest absolute Gasteiger partial charge is 0.380 e. The molecule has 1 aromatic rings. The van der Waals surface area contributed by atoms with E-state index in [4.69, 9.17) is 10.5 Å². The fourth-order valence-corrected chi connectivity index (χ4v) is 1.39. The van der Waals surface area contributed by atoms with Crippen molar-refractivity contribution >= 4 is 0 Å². The molecule has 2 N–H and O–H groups in total. The van der Waals surface area contributed by atoms with Crippen molar-refractivity contribution < 1.29 is 4.74 Å². The van der Waals surface area contributed by atoms with Crippen molar-refractivity contribution in [3.63, 3.8) is 0 Å². The summed E-state index contributed by atoms with van der Waals surface area (Å²) >= 11 is 0. The monoisotopic (exact) mass is 183 g/mol. The Labute approximate surface area is 78.7 Å². The lowest BCUT2D eigenvalue weighted by atomic mass is 10.1. The lowest BCUT2D eigenvalue weighted by molar-refractivity contribution is 0.0711. The molecule has 1 heterocycles. The Kier molecular flexibility index (Phi) is 3.92. The zero-order valence-corrected chi connectivity index (χ0v) is 8.18. The third-order valence-corrected chi connectivity index (χ3v) is 2.14. The molecule has 74 valence electrons. The molecule has 0 fully saturated rings. The van der Waals surface area contributed by atoms with Crippen LogP contribution in [0, 0.1) is 0 Å². The van der Waals surface area contributed by atoms with E-state index in [2.05, 4.69) is 12.0 Å². The molecule has 2 atom stereocenters. The number of ether oxygens (including phenoxy) is 1. The molecule has 0 radical (unpaired) electrons. The maximum Gasteiger partial charge on any atom is 0.0737 e. The first kappa shape index (κ1) is 10.2. The van der Waals surface area contributed by atoms with Gasteiger partial charge in [-0.25, -0.2) is 0 Å². The van der Waals surface area contributed by atoms with Crippen LogP contribution < -0.4 is 5.73 Å². The second-order valence-corrected chi connectivity index (χ2v) is 3.07. The molecule has 0 aliphatic rings. The van der Waals surface area contributed by atoms with Crippen LogP contribution in [0.25, 0.3) is 0 Å². The van der Waals surface area contributed by atoms with Gasteiger partial charge in [0.15, 0.2) is 0 Å². The standard InChI is InChI=1S/C9H17N3O/c1-3-9(13-2)8(10)7-12-6-4-5-11-12/h4-6,8-9H,3,7,10H2,1-2H3/t8-,9+/m1/s1. The van der Waals surface area contributed by atoms with Gasteiger partial charge in [-0.1, -0.05) is 6.92 Å². The maximum absolute atomic E-state index is 5.94. The molecule has 0 unspecified atom stereocenters. The smallest absolute Gasteiger partial charge is 0.0737 e. The Balaban J connectivity index is 2.44. The van der Waals surface area contributed by atoms with Gasteiger partial charge in [0, 0.05) is 19.5 Å². The van der Waals surface area contributed by atoms with Crippen molar-refractivity contribution in [2.24, 2.45) is 5.73 Å². The van der Waals surface area contributed by atoms with Crippen LogP contribution in [0.1, 0.15) is 13.3 Å². The summed E-state index contributed by atoms with van der Waals surface area (Å²) in [6, 6.07) is 1.90. The Morgan fingerprint density at radius 3 is 2.85 bits per heavy atom. The Morgan fingerprint density at radius 1 is 1.62 bits per heavy atom.